The Morgan fingerprint density at radius 2 is 2.14 bits per heavy atom. The zero-order valence-corrected chi connectivity index (χ0v) is 10.1. The van der Waals surface area contributed by atoms with Crippen molar-refractivity contribution < 1.29 is 0 Å². The third-order valence-electron chi connectivity index (χ3n) is 3.56. The van der Waals surface area contributed by atoms with Crippen LogP contribution in [0.25, 0.3) is 0 Å². The van der Waals surface area contributed by atoms with E-state index in [9.17, 15) is 0 Å². The fraction of sp³-hybridized carbons (Fsp3) is 1.00. The van der Waals surface area contributed by atoms with E-state index in [0.717, 1.165) is 12.0 Å². The smallest absolute Gasteiger partial charge is 0.0108 e. The molecule has 0 spiro atoms. The number of hydrogen-bond acceptors (Lipinski definition) is 2. The molecule has 0 amide bonds. The predicted octanol–water partition coefficient (Wildman–Crippen LogP) is 2.11. The molecule has 0 aliphatic carbocycles. The molecule has 0 bridgehead atoms. The Balaban J connectivity index is 2.21. The monoisotopic (exact) mass is 198 g/mol. The summed E-state index contributed by atoms with van der Waals surface area (Å²) in [7, 11) is 2.06. The highest BCUT2D eigenvalue weighted by Crippen LogP contribution is 2.23. The van der Waals surface area contributed by atoms with Crippen LogP contribution in [0.15, 0.2) is 0 Å². The van der Waals surface area contributed by atoms with Crippen LogP contribution in [-0.2, 0) is 0 Å². The van der Waals surface area contributed by atoms with Crippen LogP contribution in [0.3, 0.4) is 0 Å². The van der Waals surface area contributed by atoms with Crippen LogP contribution < -0.4 is 5.32 Å². The molecule has 1 saturated heterocycles. The van der Waals surface area contributed by atoms with Gasteiger partial charge >= 0.3 is 0 Å². The number of hydrogen-bond donors (Lipinski definition) is 1. The molecule has 0 saturated carbocycles. The number of rotatable bonds is 6. The maximum atomic E-state index is 3.30. The van der Waals surface area contributed by atoms with Gasteiger partial charge in [-0.05, 0) is 52.4 Å². The van der Waals surface area contributed by atoms with Crippen LogP contribution in [0, 0.1) is 5.92 Å². The van der Waals surface area contributed by atoms with E-state index in [1.54, 1.807) is 0 Å². The first-order valence-electron chi connectivity index (χ1n) is 6.18. The molecule has 0 radical (unpaired) electrons. The minimum Gasteiger partial charge on any atom is -0.319 e. The van der Waals surface area contributed by atoms with Crippen LogP contribution in [0.5, 0.6) is 0 Å². The van der Waals surface area contributed by atoms with E-state index in [1.165, 1.54) is 45.3 Å². The second kappa shape index (κ2) is 6.41. The first-order chi connectivity index (χ1) is 6.79. The normalized spacial score (nSPS) is 28.5. The Hall–Kier alpha value is -0.0800. The van der Waals surface area contributed by atoms with Crippen molar-refractivity contribution in [3.63, 3.8) is 0 Å². The molecule has 1 N–H and O–H groups in total. The summed E-state index contributed by atoms with van der Waals surface area (Å²) in [5, 5.41) is 3.30. The first kappa shape index (κ1) is 12.0. The highest BCUT2D eigenvalue weighted by Gasteiger charge is 2.29. The quantitative estimate of drug-likeness (QED) is 0.658. The van der Waals surface area contributed by atoms with E-state index in [2.05, 4.69) is 31.1 Å². The van der Waals surface area contributed by atoms with Gasteiger partial charge in [0.25, 0.3) is 0 Å². The van der Waals surface area contributed by atoms with Gasteiger partial charge in [0.2, 0.25) is 0 Å². The standard InChI is InChI=1S/C12H26N2/c1-4-5-6-8-14-9-7-12(10-13-3)11(14)2/h11-13H,4-10H2,1-3H3. The van der Waals surface area contributed by atoms with Gasteiger partial charge in [-0.15, -0.1) is 0 Å². The van der Waals surface area contributed by atoms with Crippen LogP contribution in [0.1, 0.15) is 39.5 Å². The van der Waals surface area contributed by atoms with Crippen molar-refractivity contribution in [2.45, 2.75) is 45.6 Å². The Morgan fingerprint density at radius 1 is 1.36 bits per heavy atom. The average Bonchev–Trinajstić information content (AvgIpc) is 2.51. The average molecular weight is 198 g/mol. The Morgan fingerprint density at radius 3 is 2.79 bits per heavy atom. The van der Waals surface area contributed by atoms with Gasteiger partial charge in [-0.25, -0.2) is 0 Å². The van der Waals surface area contributed by atoms with Crippen molar-refractivity contribution in [1.82, 2.24) is 10.2 Å². The lowest BCUT2D eigenvalue weighted by Crippen LogP contribution is -2.34. The van der Waals surface area contributed by atoms with E-state index < -0.39 is 0 Å². The summed E-state index contributed by atoms with van der Waals surface area (Å²) < 4.78 is 0. The van der Waals surface area contributed by atoms with Crippen molar-refractivity contribution in [2.24, 2.45) is 5.92 Å². The first-order valence-corrected chi connectivity index (χ1v) is 6.18. The third kappa shape index (κ3) is 3.25. The van der Waals surface area contributed by atoms with Gasteiger partial charge in [-0.2, -0.15) is 0 Å². The van der Waals surface area contributed by atoms with Crippen molar-refractivity contribution >= 4 is 0 Å². The maximum absolute atomic E-state index is 3.30. The zero-order valence-electron chi connectivity index (χ0n) is 10.1. The van der Waals surface area contributed by atoms with Gasteiger partial charge in [-0.1, -0.05) is 19.8 Å². The molecule has 1 aliphatic heterocycles. The van der Waals surface area contributed by atoms with Crippen LogP contribution in [0.4, 0.5) is 0 Å². The van der Waals surface area contributed by atoms with Crippen molar-refractivity contribution in [3.8, 4) is 0 Å². The van der Waals surface area contributed by atoms with Gasteiger partial charge in [-0.3, -0.25) is 0 Å². The number of nitrogens with zero attached hydrogens (tertiary/aromatic N) is 1. The van der Waals surface area contributed by atoms with E-state index in [0.29, 0.717) is 0 Å². The minimum atomic E-state index is 0.791. The summed E-state index contributed by atoms with van der Waals surface area (Å²) in [6.07, 6.45) is 5.49. The molecule has 2 heteroatoms. The second-order valence-corrected chi connectivity index (χ2v) is 4.59. The minimum absolute atomic E-state index is 0.791. The fourth-order valence-electron chi connectivity index (χ4n) is 2.49. The van der Waals surface area contributed by atoms with Gasteiger partial charge in [0, 0.05) is 6.04 Å². The molecular formula is C12H26N2. The van der Waals surface area contributed by atoms with E-state index in [1.807, 2.05) is 0 Å². The molecular weight excluding hydrogens is 172 g/mol. The molecule has 84 valence electrons. The Kier molecular flexibility index (Phi) is 5.49. The third-order valence-corrected chi connectivity index (χ3v) is 3.56. The van der Waals surface area contributed by atoms with Crippen molar-refractivity contribution in [1.29, 1.82) is 0 Å². The van der Waals surface area contributed by atoms with Gasteiger partial charge in [0.15, 0.2) is 0 Å². The molecule has 1 aliphatic rings. The Labute approximate surface area is 89.1 Å². The van der Waals surface area contributed by atoms with Crippen LogP contribution in [-0.4, -0.2) is 37.6 Å². The summed E-state index contributed by atoms with van der Waals surface area (Å²) in [4.78, 5) is 2.66. The lowest BCUT2D eigenvalue weighted by molar-refractivity contribution is 0.236. The van der Waals surface area contributed by atoms with Gasteiger partial charge < -0.3 is 10.2 Å². The largest absolute Gasteiger partial charge is 0.319 e. The van der Waals surface area contributed by atoms with Gasteiger partial charge in [0.05, 0.1) is 0 Å². The fourth-order valence-corrected chi connectivity index (χ4v) is 2.49. The lowest BCUT2D eigenvalue weighted by Gasteiger charge is -2.24. The SMILES string of the molecule is CCCCCN1CCC(CNC)C1C. The molecule has 2 unspecified atom stereocenters. The molecule has 2 atom stereocenters. The van der Waals surface area contributed by atoms with E-state index >= 15 is 0 Å². The summed E-state index contributed by atoms with van der Waals surface area (Å²) >= 11 is 0. The highest BCUT2D eigenvalue weighted by atomic mass is 15.2. The topological polar surface area (TPSA) is 15.3 Å². The van der Waals surface area contributed by atoms with Crippen LogP contribution in [0.2, 0.25) is 0 Å². The molecule has 2 nitrogen and oxygen atoms in total. The molecule has 0 aromatic rings. The van der Waals surface area contributed by atoms with Crippen molar-refractivity contribution in [2.75, 3.05) is 26.7 Å². The summed E-state index contributed by atoms with van der Waals surface area (Å²) in [6, 6.07) is 0.791. The van der Waals surface area contributed by atoms with E-state index in [-0.39, 0.29) is 0 Å². The number of likely N-dealkylation sites (tertiary alicyclic amines) is 1. The van der Waals surface area contributed by atoms with E-state index in [4.69, 9.17) is 0 Å². The molecule has 1 heterocycles. The summed E-state index contributed by atoms with van der Waals surface area (Å²) in [5.74, 6) is 0.877. The lowest BCUT2D eigenvalue weighted by atomic mass is 10.0. The second-order valence-electron chi connectivity index (χ2n) is 4.59. The molecule has 0 aromatic heterocycles. The summed E-state index contributed by atoms with van der Waals surface area (Å²) in [5.41, 5.74) is 0. The van der Waals surface area contributed by atoms with Crippen molar-refractivity contribution in [3.05, 3.63) is 0 Å². The Bertz CT molecular complexity index is 147. The summed E-state index contributed by atoms with van der Waals surface area (Å²) in [6.45, 7) is 8.48. The molecule has 14 heavy (non-hydrogen) atoms. The number of unbranched alkanes of at least 4 members (excludes halogenated alkanes) is 2. The molecule has 1 rings (SSSR count). The number of nitrogens with one attached hydrogen (secondary N) is 1. The maximum Gasteiger partial charge on any atom is 0.0108 e. The van der Waals surface area contributed by atoms with Gasteiger partial charge in [0.1, 0.15) is 0 Å². The molecule has 0 aromatic carbocycles. The zero-order chi connectivity index (χ0) is 10.4. The molecule has 1 fully saturated rings. The highest BCUT2D eigenvalue weighted by molar-refractivity contribution is 4.84. The predicted molar refractivity (Wildman–Crippen MR) is 62.6 cm³/mol. The van der Waals surface area contributed by atoms with Crippen LogP contribution >= 0.6 is 0 Å².